The summed E-state index contributed by atoms with van der Waals surface area (Å²) in [6.07, 6.45) is -0.0889. The Morgan fingerprint density at radius 2 is 1.77 bits per heavy atom. The minimum Gasteiger partial charge on any atom is -0.493 e. The number of carbonyl (C=O) groups is 3. The van der Waals surface area contributed by atoms with Gasteiger partial charge in [0.1, 0.15) is 10.6 Å². The number of aldehydes is 1. The van der Waals surface area contributed by atoms with Gasteiger partial charge in [-0.2, -0.15) is 0 Å². The van der Waals surface area contributed by atoms with Crippen LogP contribution in [0.4, 0.5) is 11.4 Å². The molecule has 278 valence electrons. The number of carbonyl (C=O) groups excluding carboxylic acids is 3. The molecule has 3 aromatic carbocycles. The zero-order chi connectivity index (χ0) is 38.5. The number of aliphatic imine (C=N–C) groups is 1. The predicted molar refractivity (Wildman–Crippen MR) is 199 cm³/mol. The number of para-hydroxylation sites is 1. The van der Waals surface area contributed by atoms with E-state index in [1.165, 1.54) is 43.3 Å². The third-order valence-electron chi connectivity index (χ3n) is 8.07. The Hall–Kier alpha value is -5.32. The number of sulfonamides is 2. The van der Waals surface area contributed by atoms with Crippen molar-refractivity contribution < 1.29 is 40.7 Å². The molecule has 0 saturated heterocycles. The fraction of sp³-hybridized carbons (Fsp3) is 0.250. The van der Waals surface area contributed by atoms with Crippen LogP contribution in [0.5, 0.6) is 11.6 Å². The number of benzene rings is 3. The molecular weight excluding hydrogens is 746 g/mol. The normalized spacial score (nSPS) is 14.0. The summed E-state index contributed by atoms with van der Waals surface area (Å²) in [5.41, 5.74) is 2.57. The van der Waals surface area contributed by atoms with Crippen molar-refractivity contribution >= 4 is 67.0 Å². The van der Waals surface area contributed by atoms with E-state index in [-0.39, 0.29) is 69.5 Å². The first-order valence-corrected chi connectivity index (χ1v) is 19.7. The molecule has 1 unspecified atom stereocenters. The van der Waals surface area contributed by atoms with Gasteiger partial charge in [0.05, 0.1) is 29.3 Å². The van der Waals surface area contributed by atoms with Crippen LogP contribution in [-0.4, -0.2) is 75.1 Å². The van der Waals surface area contributed by atoms with Crippen molar-refractivity contribution in [2.75, 3.05) is 24.2 Å². The quantitative estimate of drug-likeness (QED) is 0.128. The monoisotopic (exact) mass is 781 g/mol. The van der Waals surface area contributed by atoms with Crippen LogP contribution in [0.25, 0.3) is 0 Å². The van der Waals surface area contributed by atoms with Gasteiger partial charge >= 0.3 is 0 Å². The number of nitrogens with zero attached hydrogens (tertiary/aromatic N) is 3. The molecule has 2 N–H and O–H groups in total. The predicted octanol–water partition coefficient (Wildman–Crippen LogP) is 5.14. The number of anilines is 1. The molecule has 14 nitrogen and oxygen atoms in total. The number of rotatable bonds is 14. The first-order chi connectivity index (χ1) is 25.1. The van der Waals surface area contributed by atoms with Gasteiger partial charge in [0, 0.05) is 35.8 Å². The van der Waals surface area contributed by atoms with E-state index in [4.69, 9.17) is 21.1 Å². The Morgan fingerprint density at radius 1 is 1.02 bits per heavy atom. The smallest absolute Gasteiger partial charge is 0.273 e. The van der Waals surface area contributed by atoms with Gasteiger partial charge in [0.25, 0.3) is 21.8 Å². The summed E-state index contributed by atoms with van der Waals surface area (Å²) >= 11 is 6.22. The maximum atomic E-state index is 14.2. The number of ether oxygens (including phenoxy) is 2. The largest absolute Gasteiger partial charge is 0.493 e. The molecule has 5 rings (SSSR count). The molecule has 0 spiro atoms. The molecule has 1 aromatic heterocycles. The zero-order valence-electron chi connectivity index (χ0n) is 29.1. The van der Waals surface area contributed by atoms with Gasteiger partial charge in [0.15, 0.2) is 12.1 Å². The number of hydrogen-bond donors (Lipinski definition) is 2. The molecule has 4 aromatic rings. The first-order valence-electron chi connectivity index (χ1n) is 16.3. The molecule has 0 saturated carbocycles. The highest BCUT2D eigenvalue weighted by atomic mass is 35.5. The van der Waals surface area contributed by atoms with Crippen molar-refractivity contribution in [2.24, 2.45) is 4.99 Å². The van der Waals surface area contributed by atoms with Gasteiger partial charge in [-0.25, -0.2) is 35.8 Å². The number of fused-ring (bicyclic) bond motifs is 1. The summed E-state index contributed by atoms with van der Waals surface area (Å²) in [6.45, 7) is 6.84. The van der Waals surface area contributed by atoms with E-state index in [9.17, 15) is 31.2 Å². The van der Waals surface area contributed by atoms with Crippen molar-refractivity contribution in [1.29, 1.82) is 0 Å². The molecule has 0 fully saturated rings. The fourth-order valence-corrected chi connectivity index (χ4v) is 7.60. The number of halogens is 1. The first kappa shape index (κ1) is 38.9. The van der Waals surface area contributed by atoms with Gasteiger partial charge in [-0.3, -0.25) is 14.4 Å². The molecule has 2 amide bonds. The molecule has 0 aliphatic carbocycles. The van der Waals surface area contributed by atoms with E-state index in [1.54, 1.807) is 19.1 Å². The van der Waals surface area contributed by atoms with Crippen LogP contribution in [0.15, 0.2) is 82.8 Å². The summed E-state index contributed by atoms with van der Waals surface area (Å²) in [7, 11) is -8.18. The number of pyridine rings is 1. The number of hydrogen-bond acceptors (Lipinski definition) is 11. The fourth-order valence-electron chi connectivity index (χ4n) is 5.27. The molecule has 1 aliphatic heterocycles. The summed E-state index contributed by atoms with van der Waals surface area (Å²) in [4.78, 5) is 47.3. The van der Waals surface area contributed by atoms with Gasteiger partial charge < -0.3 is 14.8 Å². The van der Waals surface area contributed by atoms with Crippen molar-refractivity contribution in [3.05, 3.63) is 106 Å². The van der Waals surface area contributed by atoms with E-state index in [1.807, 2.05) is 36.8 Å². The van der Waals surface area contributed by atoms with E-state index >= 15 is 0 Å². The van der Waals surface area contributed by atoms with E-state index in [0.717, 1.165) is 21.6 Å². The lowest BCUT2D eigenvalue weighted by atomic mass is 10.1. The third-order valence-corrected chi connectivity index (χ3v) is 11.6. The second kappa shape index (κ2) is 16.1. The molecule has 1 atom stereocenters. The lowest BCUT2D eigenvalue weighted by Crippen LogP contribution is -2.52. The lowest BCUT2D eigenvalue weighted by molar-refractivity contribution is -0.120. The van der Waals surface area contributed by atoms with Crippen LogP contribution in [0.1, 0.15) is 50.8 Å². The van der Waals surface area contributed by atoms with Crippen LogP contribution < -0.4 is 19.5 Å². The second-order valence-corrected chi connectivity index (χ2v) is 16.2. The average Bonchev–Trinajstić information content (AvgIpc) is 3.12. The van der Waals surface area contributed by atoms with Gasteiger partial charge in [0.2, 0.25) is 22.0 Å². The summed E-state index contributed by atoms with van der Waals surface area (Å²) in [5, 5.41) is 2.92. The van der Waals surface area contributed by atoms with E-state index in [0.29, 0.717) is 17.6 Å². The molecule has 0 radical (unpaired) electrons. The van der Waals surface area contributed by atoms with Crippen LogP contribution in [0.3, 0.4) is 0 Å². The zero-order valence-corrected chi connectivity index (χ0v) is 31.5. The summed E-state index contributed by atoms with van der Waals surface area (Å²) in [5.74, 6) is -2.10. The third kappa shape index (κ3) is 9.01. The minimum atomic E-state index is -4.31. The summed E-state index contributed by atoms with van der Waals surface area (Å²) in [6, 6.07) is 17.0. The minimum absolute atomic E-state index is 0.0483. The van der Waals surface area contributed by atoms with Gasteiger partial charge in [-0.1, -0.05) is 41.4 Å². The topological polar surface area (TPSA) is 190 Å². The molecule has 0 bridgehead atoms. The van der Waals surface area contributed by atoms with Crippen LogP contribution in [-0.2, 0) is 24.8 Å². The highest BCUT2D eigenvalue weighted by Gasteiger charge is 2.41. The van der Waals surface area contributed by atoms with Crippen molar-refractivity contribution in [3.8, 4) is 11.6 Å². The van der Waals surface area contributed by atoms with E-state index < -0.39 is 38.0 Å². The number of amidine groups is 1. The Bertz CT molecular complexity index is 2320. The second-order valence-electron chi connectivity index (χ2n) is 12.0. The van der Waals surface area contributed by atoms with Crippen molar-refractivity contribution in [1.82, 2.24) is 14.0 Å². The van der Waals surface area contributed by atoms with Gasteiger partial charge in [-0.15, -0.1) is 0 Å². The summed E-state index contributed by atoms with van der Waals surface area (Å²) < 4.78 is 67.1. The molecule has 2 heterocycles. The maximum Gasteiger partial charge on any atom is 0.273 e. The number of aryl methyl sites for hydroxylation is 3. The Balaban J connectivity index is 1.53. The highest BCUT2D eigenvalue weighted by molar-refractivity contribution is 7.90. The standard InChI is InChI=1S/C36H36ClN5O9S2/c1-5-52(46,47)41-35(44)25-12-14-32(38-20-25)51-33(36(45)40-29-18-23(3)27(37)19-26(29)21-43)34-39-28-9-6-7-10-31(28)53(48,49)42(34)15-8-16-50-30-13-11-22(2)17-24(30)4/h6-7,9-14,17-21,33H,5,8,15-16H2,1-4H3,(H,40,45)(H,41,44). The number of aromatic nitrogens is 1. The van der Waals surface area contributed by atoms with Crippen molar-refractivity contribution in [3.63, 3.8) is 0 Å². The van der Waals surface area contributed by atoms with Crippen LogP contribution in [0.2, 0.25) is 5.02 Å². The number of nitrogens with one attached hydrogen (secondary N) is 2. The average molecular weight is 782 g/mol. The SMILES string of the molecule is CCS(=O)(=O)NC(=O)c1ccc(OC(C(=O)Nc2cc(C)c(Cl)cc2C=O)C2=Nc3ccccc3S(=O)(=O)N2CCCOc2ccc(C)cc2C)nc1. The van der Waals surface area contributed by atoms with E-state index in [2.05, 4.69) is 15.3 Å². The Labute approximate surface area is 312 Å². The number of amides is 2. The Kier molecular flexibility index (Phi) is 11.8. The molecular formula is C36H36ClN5O9S2. The molecule has 1 aliphatic rings. The van der Waals surface area contributed by atoms with Crippen LogP contribution in [0, 0.1) is 20.8 Å². The van der Waals surface area contributed by atoms with Crippen LogP contribution >= 0.6 is 11.6 Å². The highest BCUT2D eigenvalue weighted by Crippen LogP contribution is 2.34. The van der Waals surface area contributed by atoms with Gasteiger partial charge in [-0.05, 0) is 75.2 Å². The molecule has 53 heavy (non-hydrogen) atoms. The molecule has 17 heteroatoms. The van der Waals surface area contributed by atoms with Crippen molar-refractivity contribution in [2.45, 2.75) is 45.1 Å². The Morgan fingerprint density at radius 3 is 2.45 bits per heavy atom. The lowest BCUT2D eigenvalue weighted by Gasteiger charge is -2.33. The maximum absolute atomic E-state index is 14.2.